The standard InChI is InChI=1S/C26H24FN3O3/c1-18-21(26(32)30-14-2-3-15-30)7-4-8-23(18)29-25(31)12-10-19-9-11-24(22(27)16-19)33-20-6-5-13-28-17-20/h4-13,16-17H,2-3,14-15H2,1H3,(H,29,31)/b12-10+. The van der Waals surface area contributed by atoms with E-state index in [-0.39, 0.29) is 17.6 Å². The Bertz CT molecular complexity index is 1190. The van der Waals surface area contributed by atoms with Crippen LogP contribution in [0.1, 0.15) is 34.3 Å². The highest BCUT2D eigenvalue weighted by Crippen LogP contribution is 2.25. The molecule has 0 spiro atoms. The van der Waals surface area contributed by atoms with Crippen LogP contribution in [0, 0.1) is 12.7 Å². The van der Waals surface area contributed by atoms with Crippen LogP contribution >= 0.6 is 0 Å². The minimum atomic E-state index is -0.551. The van der Waals surface area contributed by atoms with Gasteiger partial charge < -0.3 is 15.0 Å². The van der Waals surface area contributed by atoms with E-state index in [2.05, 4.69) is 10.3 Å². The predicted molar refractivity (Wildman–Crippen MR) is 125 cm³/mol. The number of aromatic nitrogens is 1. The minimum absolute atomic E-state index is 0.0132. The molecule has 2 heterocycles. The number of halogens is 1. The lowest BCUT2D eigenvalue weighted by atomic mass is 10.1. The molecule has 2 amide bonds. The summed E-state index contributed by atoms with van der Waals surface area (Å²) < 4.78 is 19.9. The number of anilines is 1. The van der Waals surface area contributed by atoms with Crippen LogP contribution in [0.3, 0.4) is 0 Å². The Morgan fingerprint density at radius 2 is 1.94 bits per heavy atom. The number of likely N-dealkylation sites (tertiary alicyclic amines) is 1. The largest absolute Gasteiger partial charge is 0.453 e. The summed E-state index contributed by atoms with van der Waals surface area (Å²) in [6, 6.07) is 13.1. The molecule has 1 aromatic heterocycles. The monoisotopic (exact) mass is 445 g/mol. The van der Waals surface area contributed by atoms with Crippen molar-refractivity contribution in [3.05, 3.63) is 89.5 Å². The molecule has 0 radical (unpaired) electrons. The summed E-state index contributed by atoms with van der Waals surface area (Å²) in [5, 5.41) is 2.80. The zero-order valence-electron chi connectivity index (χ0n) is 18.3. The van der Waals surface area contributed by atoms with Crippen molar-refractivity contribution in [3.63, 3.8) is 0 Å². The highest BCUT2D eigenvalue weighted by molar-refractivity contribution is 6.04. The number of amides is 2. The molecular weight excluding hydrogens is 421 g/mol. The van der Waals surface area contributed by atoms with Crippen LogP contribution in [-0.4, -0.2) is 34.8 Å². The van der Waals surface area contributed by atoms with E-state index in [1.165, 1.54) is 30.5 Å². The van der Waals surface area contributed by atoms with Crippen LogP contribution in [0.4, 0.5) is 10.1 Å². The molecule has 1 saturated heterocycles. The number of benzene rings is 2. The van der Waals surface area contributed by atoms with Crippen molar-refractivity contribution >= 4 is 23.6 Å². The van der Waals surface area contributed by atoms with Crippen LogP contribution in [0.5, 0.6) is 11.5 Å². The second kappa shape index (κ2) is 10.1. The zero-order chi connectivity index (χ0) is 23.2. The smallest absolute Gasteiger partial charge is 0.254 e. The third kappa shape index (κ3) is 5.44. The van der Waals surface area contributed by atoms with Crippen molar-refractivity contribution in [1.29, 1.82) is 0 Å². The molecule has 1 aliphatic rings. The number of hydrogen-bond donors (Lipinski definition) is 1. The Labute approximate surface area is 191 Å². The van der Waals surface area contributed by atoms with Crippen LogP contribution < -0.4 is 10.1 Å². The van der Waals surface area contributed by atoms with E-state index in [0.29, 0.717) is 22.6 Å². The van der Waals surface area contributed by atoms with E-state index in [9.17, 15) is 14.0 Å². The molecule has 168 valence electrons. The molecule has 7 heteroatoms. The van der Waals surface area contributed by atoms with Gasteiger partial charge in [0.25, 0.3) is 5.91 Å². The normalized spacial score (nSPS) is 13.3. The Morgan fingerprint density at radius 3 is 2.67 bits per heavy atom. The van der Waals surface area contributed by atoms with Gasteiger partial charge in [-0.25, -0.2) is 4.39 Å². The third-order valence-corrected chi connectivity index (χ3v) is 5.46. The van der Waals surface area contributed by atoms with Gasteiger partial charge in [-0.05, 0) is 73.4 Å². The van der Waals surface area contributed by atoms with E-state index in [4.69, 9.17) is 4.74 Å². The SMILES string of the molecule is Cc1c(NC(=O)/C=C/c2ccc(Oc3cccnc3)c(F)c2)cccc1C(=O)N1CCCC1. The summed E-state index contributed by atoms with van der Waals surface area (Å²) in [5.41, 5.74) is 2.39. The van der Waals surface area contributed by atoms with Crippen LogP contribution in [0.2, 0.25) is 0 Å². The van der Waals surface area contributed by atoms with E-state index in [1.807, 2.05) is 11.8 Å². The minimum Gasteiger partial charge on any atom is -0.453 e. The lowest BCUT2D eigenvalue weighted by Gasteiger charge is -2.18. The first kappa shape index (κ1) is 22.2. The first-order chi connectivity index (χ1) is 16.0. The van der Waals surface area contributed by atoms with Crippen LogP contribution in [0.15, 0.2) is 67.0 Å². The number of carbonyl (C=O) groups is 2. The number of nitrogens with one attached hydrogen (secondary N) is 1. The van der Waals surface area contributed by atoms with Gasteiger partial charge in [0.2, 0.25) is 5.91 Å². The van der Waals surface area contributed by atoms with Crippen molar-refractivity contribution in [2.24, 2.45) is 0 Å². The second-order valence-electron chi connectivity index (χ2n) is 7.78. The summed E-state index contributed by atoms with van der Waals surface area (Å²) in [7, 11) is 0. The molecule has 0 unspecified atom stereocenters. The van der Waals surface area contributed by atoms with Crippen molar-refractivity contribution in [3.8, 4) is 11.5 Å². The zero-order valence-corrected chi connectivity index (χ0v) is 18.3. The predicted octanol–water partition coefficient (Wildman–Crippen LogP) is 5.21. The quantitative estimate of drug-likeness (QED) is 0.529. The molecule has 4 rings (SSSR count). The third-order valence-electron chi connectivity index (χ3n) is 5.46. The average molecular weight is 445 g/mol. The first-order valence-electron chi connectivity index (χ1n) is 10.8. The van der Waals surface area contributed by atoms with Crippen LogP contribution in [-0.2, 0) is 4.79 Å². The molecule has 0 atom stereocenters. The molecule has 6 nitrogen and oxygen atoms in total. The molecule has 3 aromatic rings. The van der Waals surface area contributed by atoms with E-state index in [0.717, 1.165) is 31.5 Å². The van der Waals surface area contributed by atoms with E-state index >= 15 is 0 Å². The summed E-state index contributed by atoms with van der Waals surface area (Å²) in [4.78, 5) is 31.0. The summed E-state index contributed by atoms with van der Waals surface area (Å²) in [6.45, 7) is 3.35. The maximum absolute atomic E-state index is 14.4. The Hall–Kier alpha value is -4.00. The molecule has 0 aliphatic carbocycles. The van der Waals surface area contributed by atoms with Crippen molar-refractivity contribution in [2.75, 3.05) is 18.4 Å². The van der Waals surface area contributed by atoms with Crippen molar-refractivity contribution in [2.45, 2.75) is 19.8 Å². The molecule has 1 fully saturated rings. The van der Waals surface area contributed by atoms with Gasteiger partial charge in [0.1, 0.15) is 5.75 Å². The average Bonchev–Trinajstić information content (AvgIpc) is 3.36. The van der Waals surface area contributed by atoms with E-state index < -0.39 is 5.82 Å². The number of hydrogen-bond acceptors (Lipinski definition) is 4. The summed E-state index contributed by atoms with van der Waals surface area (Å²) >= 11 is 0. The summed E-state index contributed by atoms with van der Waals surface area (Å²) in [6.07, 6.45) is 7.97. The fraction of sp³-hybridized carbons (Fsp3) is 0.192. The topological polar surface area (TPSA) is 71.5 Å². The van der Waals surface area contributed by atoms with Gasteiger partial charge in [0.15, 0.2) is 11.6 Å². The Balaban J connectivity index is 1.41. The Kier molecular flexibility index (Phi) is 6.78. The van der Waals surface area contributed by atoms with Crippen molar-refractivity contribution in [1.82, 2.24) is 9.88 Å². The highest BCUT2D eigenvalue weighted by atomic mass is 19.1. The van der Waals surface area contributed by atoms with Gasteiger partial charge in [-0.3, -0.25) is 14.6 Å². The van der Waals surface area contributed by atoms with Gasteiger partial charge in [-0.1, -0.05) is 12.1 Å². The maximum Gasteiger partial charge on any atom is 0.254 e. The first-order valence-corrected chi connectivity index (χ1v) is 10.8. The molecule has 2 aromatic carbocycles. The summed E-state index contributed by atoms with van der Waals surface area (Å²) in [5.74, 6) is -0.439. The maximum atomic E-state index is 14.4. The number of rotatable bonds is 6. The molecule has 0 saturated carbocycles. The van der Waals surface area contributed by atoms with Gasteiger partial charge in [0, 0.05) is 36.6 Å². The lowest BCUT2D eigenvalue weighted by molar-refractivity contribution is -0.111. The van der Waals surface area contributed by atoms with E-state index in [1.54, 1.807) is 42.6 Å². The number of pyridine rings is 1. The van der Waals surface area contributed by atoms with Gasteiger partial charge in [0.05, 0.1) is 6.20 Å². The molecule has 1 aliphatic heterocycles. The van der Waals surface area contributed by atoms with Gasteiger partial charge >= 0.3 is 0 Å². The Morgan fingerprint density at radius 1 is 1.12 bits per heavy atom. The van der Waals surface area contributed by atoms with Gasteiger partial charge in [-0.2, -0.15) is 0 Å². The number of carbonyl (C=O) groups excluding carboxylic acids is 2. The lowest BCUT2D eigenvalue weighted by Crippen LogP contribution is -2.28. The second-order valence-corrected chi connectivity index (χ2v) is 7.78. The molecular formula is C26H24FN3O3. The van der Waals surface area contributed by atoms with Crippen LogP contribution in [0.25, 0.3) is 6.08 Å². The molecule has 0 bridgehead atoms. The fourth-order valence-corrected chi connectivity index (χ4v) is 3.68. The van der Waals surface area contributed by atoms with Gasteiger partial charge in [-0.15, -0.1) is 0 Å². The molecule has 33 heavy (non-hydrogen) atoms. The fourth-order valence-electron chi connectivity index (χ4n) is 3.68. The molecule has 1 N–H and O–H groups in total. The highest BCUT2D eigenvalue weighted by Gasteiger charge is 2.21. The number of nitrogens with zero attached hydrogens (tertiary/aromatic N) is 2. The van der Waals surface area contributed by atoms with Crippen molar-refractivity contribution < 1.29 is 18.7 Å². The number of ether oxygens (including phenoxy) is 1.